The predicted molar refractivity (Wildman–Crippen MR) is 313 cm³/mol. The van der Waals surface area contributed by atoms with Gasteiger partial charge >= 0.3 is 0 Å². The molecule has 7 atom stereocenters. The van der Waals surface area contributed by atoms with E-state index in [2.05, 4.69) is 43.5 Å². The average Bonchev–Trinajstić information content (AvgIpc) is 3.40. The molecule has 1 amide bonds. The second kappa shape index (κ2) is 54.8. The third-order valence-corrected chi connectivity index (χ3v) is 15.5. The second-order valence-corrected chi connectivity index (χ2v) is 22.6. The van der Waals surface area contributed by atoms with Crippen LogP contribution in [0.2, 0.25) is 0 Å². The van der Waals surface area contributed by atoms with Crippen molar-refractivity contribution in [2.45, 2.75) is 358 Å². The number of aliphatic hydroxyl groups is 5. The minimum absolute atomic E-state index is 0.171. The van der Waals surface area contributed by atoms with E-state index < -0.39 is 49.5 Å². The summed E-state index contributed by atoms with van der Waals surface area (Å²) >= 11 is 0. The lowest BCUT2D eigenvalue weighted by Gasteiger charge is -2.40. The summed E-state index contributed by atoms with van der Waals surface area (Å²) in [4.78, 5) is 13.1. The number of carbonyl (C=O) groups excluding carboxylic acids is 1. The third-order valence-electron chi connectivity index (χ3n) is 15.5. The number of ether oxygens (including phenoxy) is 2. The van der Waals surface area contributed by atoms with E-state index in [-0.39, 0.29) is 12.5 Å². The molecule has 0 aromatic rings. The molecule has 1 heterocycles. The highest BCUT2D eigenvalue weighted by Gasteiger charge is 2.44. The van der Waals surface area contributed by atoms with Crippen molar-refractivity contribution in [2.24, 2.45) is 0 Å². The topological polar surface area (TPSA) is 149 Å². The van der Waals surface area contributed by atoms with E-state index in [0.717, 1.165) is 44.9 Å². The van der Waals surface area contributed by atoms with Crippen molar-refractivity contribution in [3.63, 3.8) is 0 Å². The number of allylic oxidation sites excluding steroid dienone is 5. The van der Waals surface area contributed by atoms with Crippen LogP contribution in [0.4, 0.5) is 0 Å². The molecule has 436 valence electrons. The van der Waals surface area contributed by atoms with Gasteiger partial charge in [-0.15, -0.1) is 0 Å². The zero-order chi connectivity index (χ0) is 53.6. The van der Waals surface area contributed by atoms with E-state index in [1.54, 1.807) is 6.08 Å². The fraction of sp³-hybridized carbons (Fsp3) is 0.892. The van der Waals surface area contributed by atoms with Gasteiger partial charge in [0.1, 0.15) is 24.4 Å². The summed E-state index contributed by atoms with van der Waals surface area (Å²) in [5.74, 6) is -0.171. The molecule has 7 unspecified atom stereocenters. The Bertz CT molecular complexity index is 1260. The van der Waals surface area contributed by atoms with Gasteiger partial charge in [-0.1, -0.05) is 294 Å². The van der Waals surface area contributed by atoms with Crippen molar-refractivity contribution >= 4 is 5.91 Å². The second-order valence-electron chi connectivity index (χ2n) is 22.6. The smallest absolute Gasteiger partial charge is 0.220 e. The summed E-state index contributed by atoms with van der Waals surface area (Å²) in [5, 5.41) is 54.6. The van der Waals surface area contributed by atoms with Crippen LogP contribution in [0.3, 0.4) is 0 Å². The molecule has 0 saturated carbocycles. The van der Waals surface area contributed by atoms with Crippen molar-refractivity contribution in [2.75, 3.05) is 13.2 Å². The lowest BCUT2D eigenvalue weighted by molar-refractivity contribution is -0.302. The van der Waals surface area contributed by atoms with Gasteiger partial charge in [-0.05, 0) is 51.4 Å². The Kier molecular flexibility index (Phi) is 52.1. The van der Waals surface area contributed by atoms with Crippen LogP contribution in [-0.4, -0.2) is 87.5 Å². The molecule has 1 aliphatic heterocycles. The summed E-state index contributed by atoms with van der Waals surface area (Å²) in [5.41, 5.74) is 0. The Labute approximate surface area is 457 Å². The van der Waals surface area contributed by atoms with E-state index in [4.69, 9.17) is 9.47 Å². The first-order chi connectivity index (χ1) is 36.3. The summed E-state index contributed by atoms with van der Waals surface area (Å²) in [6, 6.07) is -0.804. The molecule has 0 aliphatic carbocycles. The van der Waals surface area contributed by atoms with E-state index in [9.17, 15) is 30.3 Å². The van der Waals surface area contributed by atoms with Crippen molar-refractivity contribution < 1.29 is 39.8 Å². The van der Waals surface area contributed by atoms with E-state index in [0.29, 0.717) is 6.42 Å². The maximum atomic E-state index is 13.1. The summed E-state index contributed by atoms with van der Waals surface area (Å²) < 4.78 is 11.3. The molecule has 1 fully saturated rings. The molecule has 0 spiro atoms. The minimum Gasteiger partial charge on any atom is -0.394 e. The zero-order valence-corrected chi connectivity index (χ0v) is 48.6. The molecule has 9 heteroatoms. The van der Waals surface area contributed by atoms with Gasteiger partial charge < -0.3 is 40.3 Å². The number of hydrogen-bond acceptors (Lipinski definition) is 8. The third kappa shape index (κ3) is 43.4. The van der Waals surface area contributed by atoms with E-state index in [1.807, 2.05) is 6.08 Å². The fourth-order valence-electron chi connectivity index (χ4n) is 10.4. The first-order valence-electron chi connectivity index (χ1n) is 32.2. The van der Waals surface area contributed by atoms with E-state index in [1.165, 1.54) is 250 Å². The molecule has 0 aromatic carbocycles. The summed E-state index contributed by atoms with van der Waals surface area (Å²) in [6.07, 6.45) is 65.1. The quantitative estimate of drug-likeness (QED) is 0.0261. The Morgan fingerprint density at radius 1 is 0.459 bits per heavy atom. The van der Waals surface area contributed by atoms with Gasteiger partial charge in [0.25, 0.3) is 0 Å². The molecular formula is C65H123NO8. The van der Waals surface area contributed by atoms with Crippen molar-refractivity contribution in [3.05, 3.63) is 36.5 Å². The van der Waals surface area contributed by atoms with Crippen LogP contribution in [0.15, 0.2) is 36.5 Å². The van der Waals surface area contributed by atoms with Gasteiger partial charge in [0.15, 0.2) is 6.29 Å². The number of carbonyl (C=O) groups is 1. The predicted octanol–water partition coefficient (Wildman–Crippen LogP) is 16.7. The van der Waals surface area contributed by atoms with Crippen LogP contribution in [0.5, 0.6) is 0 Å². The highest BCUT2D eigenvalue weighted by atomic mass is 16.7. The number of rotatable bonds is 56. The van der Waals surface area contributed by atoms with Gasteiger partial charge in [0, 0.05) is 6.42 Å². The standard InChI is InChI=1S/C65H123NO8/c1-3-5-7-9-11-13-15-17-19-21-23-25-26-27-28-29-30-31-32-33-34-35-37-39-41-43-45-47-49-51-53-55-61(69)66-58(57-73-65-64(72)63(71)62(70)60(56-67)74-65)59(68)54-52-50-48-46-44-42-40-38-36-24-22-20-18-16-14-12-10-8-6-4-2/h15,17,21,23,52,54,58-60,62-65,67-68,70-72H,3-14,16,18-20,22,24-51,53,55-57H2,1-2H3,(H,66,69)/b17-15-,23-21-,54-52+. The first-order valence-corrected chi connectivity index (χ1v) is 32.2. The highest BCUT2D eigenvalue weighted by molar-refractivity contribution is 5.76. The molecule has 0 radical (unpaired) electrons. The maximum absolute atomic E-state index is 13.1. The van der Waals surface area contributed by atoms with Gasteiger partial charge in [-0.2, -0.15) is 0 Å². The van der Waals surface area contributed by atoms with Crippen LogP contribution in [-0.2, 0) is 14.3 Å². The van der Waals surface area contributed by atoms with Crippen LogP contribution in [0.1, 0.15) is 316 Å². The average molecular weight is 1050 g/mol. The van der Waals surface area contributed by atoms with Gasteiger partial charge in [-0.3, -0.25) is 4.79 Å². The molecule has 0 aromatic heterocycles. The Balaban J connectivity index is 2.14. The molecule has 74 heavy (non-hydrogen) atoms. The molecule has 1 rings (SSSR count). The summed E-state index contributed by atoms with van der Waals surface area (Å²) in [6.45, 7) is 3.81. The molecule has 0 bridgehead atoms. The molecule has 1 aliphatic rings. The highest BCUT2D eigenvalue weighted by Crippen LogP contribution is 2.23. The number of unbranched alkanes of at least 4 members (excludes halogenated alkanes) is 42. The van der Waals surface area contributed by atoms with Gasteiger partial charge in [0.2, 0.25) is 5.91 Å². The van der Waals surface area contributed by atoms with Gasteiger partial charge in [0.05, 0.1) is 25.4 Å². The summed E-state index contributed by atoms with van der Waals surface area (Å²) in [7, 11) is 0. The molecular weight excluding hydrogens is 923 g/mol. The Morgan fingerprint density at radius 2 is 0.797 bits per heavy atom. The lowest BCUT2D eigenvalue weighted by Crippen LogP contribution is -2.60. The van der Waals surface area contributed by atoms with E-state index >= 15 is 0 Å². The van der Waals surface area contributed by atoms with Crippen LogP contribution < -0.4 is 5.32 Å². The van der Waals surface area contributed by atoms with Gasteiger partial charge in [-0.25, -0.2) is 0 Å². The maximum Gasteiger partial charge on any atom is 0.220 e. The fourth-order valence-corrected chi connectivity index (χ4v) is 10.4. The lowest BCUT2D eigenvalue weighted by atomic mass is 9.99. The molecule has 9 nitrogen and oxygen atoms in total. The monoisotopic (exact) mass is 1050 g/mol. The van der Waals surface area contributed by atoms with Crippen LogP contribution >= 0.6 is 0 Å². The Hall–Kier alpha value is -1.59. The minimum atomic E-state index is -1.57. The Morgan fingerprint density at radius 3 is 1.16 bits per heavy atom. The number of amides is 1. The van der Waals surface area contributed by atoms with Crippen molar-refractivity contribution in [3.8, 4) is 0 Å². The van der Waals surface area contributed by atoms with Crippen molar-refractivity contribution in [1.29, 1.82) is 0 Å². The van der Waals surface area contributed by atoms with Crippen LogP contribution in [0.25, 0.3) is 0 Å². The number of nitrogens with one attached hydrogen (secondary N) is 1. The SMILES string of the molecule is CCCCCCC/C=C\C/C=C\CCCCCCCCCCCCCCCCCCCCCC(=O)NC(COC1OC(CO)C(O)C(O)C1O)C(O)/C=C/CCCCCCCCCCCCCCCCCCCC. The van der Waals surface area contributed by atoms with Crippen molar-refractivity contribution in [1.82, 2.24) is 5.32 Å². The molecule has 1 saturated heterocycles. The molecule has 6 N–H and O–H groups in total. The zero-order valence-electron chi connectivity index (χ0n) is 48.6. The number of hydrogen-bond donors (Lipinski definition) is 6. The normalized spacial score (nSPS) is 19.1. The number of aliphatic hydroxyl groups excluding tert-OH is 5. The first kappa shape index (κ1) is 70.4. The van der Waals surface area contributed by atoms with Crippen LogP contribution in [0, 0.1) is 0 Å². The largest absolute Gasteiger partial charge is 0.394 e.